The number of amides is 1. The third-order valence-corrected chi connectivity index (χ3v) is 2.85. The lowest BCUT2D eigenvalue weighted by Gasteiger charge is -2.26. The quantitative estimate of drug-likeness (QED) is 0.685. The molecule has 76 valence electrons. The van der Waals surface area contributed by atoms with Crippen molar-refractivity contribution in [1.82, 2.24) is 4.90 Å². The van der Waals surface area contributed by atoms with Crippen LogP contribution in [0.25, 0.3) is 0 Å². The van der Waals surface area contributed by atoms with E-state index >= 15 is 0 Å². The number of carbonyl (C=O) groups is 1. The van der Waals surface area contributed by atoms with Gasteiger partial charge in [-0.15, -0.1) is 0 Å². The first kappa shape index (κ1) is 10.9. The third kappa shape index (κ3) is 4.00. The van der Waals surface area contributed by atoms with Gasteiger partial charge in [0.05, 0.1) is 6.10 Å². The topological polar surface area (TPSA) is 29.5 Å². The van der Waals surface area contributed by atoms with E-state index in [0.717, 1.165) is 24.6 Å². The summed E-state index contributed by atoms with van der Waals surface area (Å²) >= 11 is 1.91. The van der Waals surface area contributed by atoms with Crippen LogP contribution in [0.3, 0.4) is 0 Å². The minimum absolute atomic E-state index is 0.133. The third-order valence-electron chi connectivity index (χ3n) is 1.90. The number of ether oxygens (including phenoxy) is 1. The maximum absolute atomic E-state index is 11.5. The number of thioether (sulfide) groups is 1. The Morgan fingerprint density at radius 2 is 2.08 bits per heavy atom. The maximum atomic E-state index is 11.5. The Bertz CT molecular complexity index is 167. The molecule has 1 amide bonds. The second-order valence-corrected chi connectivity index (χ2v) is 4.58. The van der Waals surface area contributed by atoms with Crippen molar-refractivity contribution in [2.45, 2.75) is 20.0 Å². The Morgan fingerprint density at radius 3 is 2.62 bits per heavy atom. The van der Waals surface area contributed by atoms with Gasteiger partial charge in [0.25, 0.3) is 0 Å². The monoisotopic (exact) mass is 203 g/mol. The van der Waals surface area contributed by atoms with E-state index in [2.05, 4.69) is 0 Å². The van der Waals surface area contributed by atoms with Crippen molar-refractivity contribution >= 4 is 17.7 Å². The van der Waals surface area contributed by atoms with E-state index in [-0.39, 0.29) is 18.6 Å². The number of carbonyl (C=O) groups excluding carboxylic acids is 1. The lowest BCUT2D eigenvalue weighted by atomic mass is 10.4. The summed E-state index contributed by atoms with van der Waals surface area (Å²) in [4.78, 5) is 13.4. The SMILES string of the molecule is CC(C)OCC(=O)N1CCSCC1. The molecule has 1 saturated heterocycles. The van der Waals surface area contributed by atoms with Crippen molar-refractivity contribution in [3.63, 3.8) is 0 Å². The number of hydrogen-bond acceptors (Lipinski definition) is 3. The number of hydrogen-bond donors (Lipinski definition) is 0. The molecule has 0 aliphatic carbocycles. The van der Waals surface area contributed by atoms with Crippen LogP contribution in [0.15, 0.2) is 0 Å². The molecule has 1 fully saturated rings. The molecule has 0 N–H and O–H groups in total. The predicted octanol–water partition coefficient (Wildman–Crippen LogP) is 0.987. The Labute approximate surface area is 83.8 Å². The second kappa shape index (κ2) is 5.50. The highest BCUT2D eigenvalue weighted by atomic mass is 32.2. The molecule has 0 saturated carbocycles. The standard InChI is InChI=1S/C9H17NO2S/c1-8(2)12-7-9(11)10-3-5-13-6-4-10/h8H,3-7H2,1-2H3. The molecule has 1 rings (SSSR count). The Hall–Kier alpha value is -0.220. The molecular formula is C9H17NO2S. The molecular weight excluding hydrogens is 186 g/mol. The van der Waals surface area contributed by atoms with Gasteiger partial charge in [0.1, 0.15) is 6.61 Å². The molecule has 0 atom stereocenters. The fraction of sp³-hybridized carbons (Fsp3) is 0.889. The van der Waals surface area contributed by atoms with E-state index in [1.54, 1.807) is 0 Å². The fourth-order valence-corrected chi connectivity index (χ4v) is 2.05. The lowest BCUT2D eigenvalue weighted by Crippen LogP contribution is -2.40. The van der Waals surface area contributed by atoms with Crippen LogP contribution in [0.4, 0.5) is 0 Å². The molecule has 4 heteroatoms. The summed E-state index contributed by atoms with van der Waals surface area (Å²) in [5.74, 6) is 2.26. The highest BCUT2D eigenvalue weighted by Crippen LogP contribution is 2.09. The molecule has 1 aliphatic rings. The van der Waals surface area contributed by atoms with Gasteiger partial charge >= 0.3 is 0 Å². The van der Waals surface area contributed by atoms with Crippen LogP contribution in [0, 0.1) is 0 Å². The first-order valence-corrected chi connectivity index (χ1v) is 5.82. The highest BCUT2D eigenvalue weighted by molar-refractivity contribution is 7.99. The van der Waals surface area contributed by atoms with E-state index in [1.165, 1.54) is 0 Å². The van der Waals surface area contributed by atoms with Crippen LogP contribution >= 0.6 is 11.8 Å². The molecule has 3 nitrogen and oxygen atoms in total. The molecule has 0 bridgehead atoms. The summed E-state index contributed by atoms with van der Waals surface area (Å²) in [6.45, 7) is 5.89. The Kier molecular flexibility index (Phi) is 4.59. The van der Waals surface area contributed by atoms with Gasteiger partial charge in [0.2, 0.25) is 5.91 Å². The minimum atomic E-state index is 0.133. The average molecular weight is 203 g/mol. The maximum Gasteiger partial charge on any atom is 0.248 e. The van der Waals surface area contributed by atoms with Gasteiger partial charge in [-0.05, 0) is 13.8 Å². The fourth-order valence-electron chi connectivity index (χ4n) is 1.14. The van der Waals surface area contributed by atoms with Gasteiger partial charge in [-0.25, -0.2) is 0 Å². The van der Waals surface area contributed by atoms with Crippen molar-refractivity contribution in [3.05, 3.63) is 0 Å². The van der Waals surface area contributed by atoms with Crippen LogP contribution in [-0.2, 0) is 9.53 Å². The molecule has 13 heavy (non-hydrogen) atoms. The Morgan fingerprint density at radius 1 is 1.46 bits per heavy atom. The van der Waals surface area contributed by atoms with Crippen molar-refractivity contribution in [2.24, 2.45) is 0 Å². The molecule has 0 spiro atoms. The van der Waals surface area contributed by atoms with Crippen molar-refractivity contribution in [3.8, 4) is 0 Å². The minimum Gasteiger partial charge on any atom is -0.369 e. The van der Waals surface area contributed by atoms with Gasteiger partial charge < -0.3 is 9.64 Å². The van der Waals surface area contributed by atoms with Gasteiger partial charge in [-0.2, -0.15) is 11.8 Å². The highest BCUT2D eigenvalue weighted by Gasteiger charge is 2.16. The smallest absolute Gasteiger partial charge is 0.248 e. The molecule has 0 aromatic carbocycles. The van der Waals surface area contributed by atoms with Crippen LogP contribution in [-0.4, -0.2) is 48.1 Å². The molecule has 0 radical (unpaired) electrons. The number of rotatable bonds is 3. The van der Waals surface area contributed by atoms with E-state index in [9.17, 15) is 4.79 Å². The first-order chi connectivity index (χ1) is 6.20. The van der Waals surface area contributed by atoms with Gasteiger partial charge in [-0.3, -0.25) is 4.79 Å². The van der Waals surface area contributed by atoms with Gasteiger partial charge in [0.15, 0.2) is 0 Å². The van der Waals surface area contributed by atoms with Crippen LogP contribution in [0.2, 0.25) is 0 Å². The zero-order valence-electron chi connectivity index (χ0n) is 8.28. The average Bonchev–Trinajstić information content (AvgIpc) is 2.15. The summed E-state index contributed by atoms with van der Waals surface area (Å²) in [7, 11) is 0. The van der Waals surface area contributed by atoms with Gasteiger partial charge in [0, 0.05) is 24.6 Å². The second-order valence-electron chi connectivity index (χ2n) is 3.35. The first-order valence-electron chi connectivity index (χ1n) is 4.67. The molecule has 0 aromatic rings. The predicted molar refractivity (Wildman–Crippen MR) is 55.0 cm³/mol. The van der Waals surface area contributed by atoms with E-state index in [1.807, 2.05) is 30.5 Å². The summed E-state index contributed by atoms with van der Waals surface area (Å²) < 4.78 is 5.26. The number of nitrogens with zero attached hydrogens (tertiary/aromatic N) is 1. The van der Waals surface area contributed by atoms with E-state index < -0.39 is 0 Å². The summed E-state index contributed by atoms with van der Waals surface area (Å²) in [5, 5.41) is 0. The van der Waals surface area contributed by atoms with Gasteiger partial charge in [-0.1, -0.05) is 0 Å². The van der Waals surface area contributed by atoms with Crippen LogP contribution in [0.5, 0.6) is 0 Å². The molecule has 0 unspecified atom stereocenters. The van der Waals surface area contributed by atoms with Crippen LogP contribution in [0.1, 0.15) is 13.8 Å². The largest absolute Gasteiger partial charge is 0.369 e. The van der Waals surface area contributed by atoms with Crippen molar-refractivity contribution in [1.29, 1.82) is 0 Å². The van der Waals surface area contributed by atoms with E-state index in [0.29, 0.717) is 0 Å². The molecule has 1 heterocycles. The normalized spacial score (nSPS) is 17.9. The Balaban J connectivity index is 2.21. The lowest BCUT2D eigenvalue weighted by molar-refractivity contribution is -0.137. The van der Waals surface area contributed by atoms with Crippen molar-refractivity contribution in [2.75, 3.05) is 31.2 Å². The molecule has 1 aliphatic heterocycles. The summed E-state index contributed by atoms with van der Waals surface area (Å²) in [6.07, 6.45) is 0.142. The zero-order valence-corrected chi connectivity index (χ0v) is 9.10. The van der Waals surface area contributed by atoms with E-state index in [4.69, 9.17) is 4.74 Å². The zero-order chi connectivity index (χ0) is 9.68. The molecule has 0 aromatic heterocycles. The van der Waals surface area contributed by atoms with Crippen molar-refractivity contribution < 1.29 is 9.53 Å². The summed E-state index contributed by atoms with van der Waals surface area (Å²) in [6, 6.07) is 0. The summed E-state index contributed by atoms with van der Waals surface area (Å²) in [5.41, 5.74) is 0. The van der Waals surface area contributed by atoms with Crippen LogP contribution < -0.4 is 0 Å².